The number of hydrogen-bond acceptors (Lipinski definition) is 4. The van der Waals surface area contributed by atoms with Crippen molar-refractivity contribution in [1.29, 1.82) is 0 Å². The van der Waals surface area contributed by atoms with Crippen LogP contribution in [0.25, 0.3) is 0 Å². The van der Waals surface area contributed by atoms with Gasteiger partial charge in [-0.1, -0.05) is 24.3 Å². The van der Waals surface area contributed by atoms with Gasteiger partial charge >= 0.3 is 6.18 Å². The predicted octanol–water partition coefficient (Wildman–Crippen LogP) is 3.45. The van der Waals surface area contributed by atoms with Gasteiger partial charge < -0.3 is 4.90 Å². The molecule has 0 unspecified atom stereocenters. The van der Waals surface area contributed by atoms with E-state index in [0.29, 0.717) is 19.2 Å². The number of halogens is 3. The summed E-state index contributed by atoms with van der Waals surface area (Å²) in [6.45, 7) is 4.78. The van der Waals surface area contributed by atoms with Crippen molar-refractivity contribution in [3.8, 4) is 0 Å². The minimum atomic E-state index is -4.62. The second kappa shape index (κ2) is 9.60. The lowest BCUT2D eigenvalue weighted by Gasteiger charge is -2.35. The molecule has 2 aromatic rings. The van der Waals surface area contributed by atoms with Crippen molar-refractivity contribution in [2.24, 2.45) is 0 Å². The van der Waals surface area contributed by atoms with Gasteiger partial charge in [0.05, 0.1) is 17.0 Å². The molecule has 1 aliphatic rings. The van der Waals surface area contributed by atoms with Gasteiger partial charge in [0.15, 0.2) is 0 Å². The Bertz CT molecular complexity index is 1040. The smallest absolute Gasteiger partial charge is 0.309 e. The molecule has 32 heavy (non-hydrogen) atoms. The molecule has 0 spiro atoms. The van der Waals surface area contributed by atoms with Crippen LogP contribution in [0.2, 0.25) is 0 Å². The Morgan fingerprint density at radius 3 is 2.19 bits per heavy atom. The van der Waals surface area contributed by atoms with Gasteiger partial charge in [0.25, 0.3) is 0 Å². The number of rotatable bonds is 6. The Morgan fingerprint density at radius 1 is 1.00 bits per heavy atom. The molecule has 1 aliphatic heterocycles. The molecule has 3 rings (SSSR count). The first-order valence-corrected chi connectivity index (χ1v) is 11.7. The molecular weight excluding hydrogens is 443 g/mol. The SMILES string of the molecule is CC(C)N(C(=O)CN1CCN(S(=O)(=O)c2cccc(C(F)(F)F)c2)CC1)c1ccccc1. The molecule has 0 aliphatic carbocycles. The largest absolute Gasteiger partial charge is 0.416 e. The van der Waals surface area contributed by atoms with Crippen LogP contribution in [0.15, 0.2) is 59.5 Å². The second-order valence-corrected chi connectivity index (χ2v) is 9.84. The first-order chi connectivity index (χ1) is 15.0. The second-order valence-electron chi connectivity index (χ2n) is 7.90. The molecule has 0 aromatic heterocycles. The van der Waals surface area contributed by atoms with Gasteiger partial charge in [-0.05, 0) is 44.2 Å². The third-order valence-electron chi connectivity index (χ3n) is 5.31. The molecule has 6 nitrogen and oxygen atoms in total. The Balaban J connectivity index is 1.65. The molecule has 2 aromatic carbocycles. The van der Waals surface area contributed by atoms with Crippen LogP contribution >= 0.6 is 0 Å². The van der Waals surface area contributed by atoms with E-state index in [1.54, 1.807) is 4.90 Å². The summed E-state index contributed by atoms with van der Waals surface area (Å²) >= 11 is 0. The zero-order chi connectivity index (χ0) is 23.5. The van der Waals surface area contributed by atoms with Crippen molar-refractivity contribution in [2.45, 2.75) is 31.0 Å². The molecule has 0 N–H and O–H groups in total. The van der Waals surface area contributed by atoms with E-state index in [1.165, 1.54) is 10.4 Å². The fraction of sp³-hybridized carbons (Fsp3) is 0.409. The highest BCUT2D eigenvalue weighted by atomic mass is 32.2. The number of sulfonamides is 1. The van der Waals surface area contributed by atoms with Gasteiger partial charge in [0, 0.05) is 37.9 Å². The van der Waals surface area contributed by atoms with Gasteiger partial charge in [0.2, 0.25) is 15.9 Å². The van der Waals surface area contributed by atoms with Crippen LogP contribution in [-0.2, 0) is 21.0 Å². The highest BCUT2D eigenvalue weighted by Gasteiger charge is 2.34. The molecule has 0 radical (unpaired) electrons. The summed E-state index contributed by atoms with van der Waals surface area (Å²) in [6.07, 6.45) is -4.62. The average molecular weight is 470 g/mol. The average Bonchev–Trinajstić information content (AvgIpc) is 2.74. The summed E-state index contributed by atoms with van der Waals surface area (Å²) in [5, 5.41) is 0. The fourth-order valence-corrected chi connectivity index (χ4v) is 5.16. The molecular formula is C22H26F3N3O3S. The predicted molar refractivity (Wildman–Crippen MR) is 116 cm³/mol. The summed E-state index contributed by atoms with van der Waals surface area (Å²) in [6, 6.07) is 13.0. The lowest BCUT2D eigenvalue weighted by molar-refractivity contribution is -0.137. The van der Waals surface area contributed by atoms with E-state index in [0.717, 1.165) is 17.8 Å². The number of carbonyl (C=O) groups excluding carboxylic acids is 1. The van der Waals surface area contributed by atoms with Gasteiger partial charge in [-0.15, -0.1) is 0 Å². The van der Waals surface area contributed by atoms with E-state index in [9.17, 15) is 26.4 Å². The number of amides is 1. The van der Waals surface area contributed by atoms with Crippen molar-refractivity contribution in [2.75, 3.05) is 37.6 Å². The number of benzene rings is 2. The molecule has 0 saturated carbocycles. The first kappa shape index (κ1) is 24.2. The molecule has 0 bridgehead atoms. The maximum Gasteiger partial charge on any atom is 0.416 e. The van der Waals surface area contributed by atoms with E-state index in [1.807, 2.05) is 49.1 Å². The lowest BCUT2D eigenvalue weighted by atomic mass is 10.2. The molecule has 1 fully saturated rings. The van der Waals surface area contributed by atoms with E-state index < -0.39 is 21.8 Å². The van der Waals surface area contributed by atoms with E-state index >= 15 is 0 Å². The highest BCUT2D eigenvalue weighted by Crippen LogP contribution is 2.31. The number of alkyl halides is 3. The Hall–Kier alpha value is -2.43. The van der Waals surface area contributed by atoms with Crippen molar-refractivity contribution in [1.82, 2.24) is 9.21 Å². The first-order valence-electron chi connectivity index (χ1n) is 10.3. The van der Waals surface area contributed by atoms with Gasteiger partial charge in [-0.25, -0.2) is 8.42 Å². The molecule has 1 amide bonds. The number of anilines is 1. The summed E-state index contributed by atoms with van der Waals surface area (Å²) in [7, 11) is -4.06. The zero-order valence-corrected chi connectivity index (χ0v) is 18.7. The zero-order valence-electron chi connectivity index (χ0n) is 17.9. The lowest BCUT2D eigenvalue weighted by Crippen LogP contribution is -2.52. The van der Waals surface area contributed by atoms with Crippen molar-refractivity contribution in [3.05, 3.63) is 60.2 Å². The van der Waals surface area contributed by atoms with Crippen molar-refractivity contribution < 1.29 is 26.4 Å². The standard InChI is InChI=1S/C22H26F3N3O3S/c1-17(2)28(19-8-4-3-5-9-19)21(29)16-26-11-13-27(14-12-26)32(30,31)20-10-6-7-18(15-20)22(23,24)25/h3-10,15,17H,11-14,16H2,1-2H3. The quantitative estimate of drug-likeness (QED) is 0.650. The van der Waals surface area contributed by atoms with Crippen LogP contribution in [0.4, 0.5) is 18.9 Å². The van der Waals surface area contributed by atoms with Crippen LogP contribution in [0, 0.1) is 0 Å². The Labute approximate surface area is 186 Å². The summed E-state index contributed by atoms with van der Waals surface area (Å²) in [5.41, 5.74) is -0.212. The van der Waals surface area contributed by atoms with E-state index in [2.05, 4.69) is 0 Å². The Morgan fingerprint density at radius 2 is 1.62 bits per heavy atom. The molecule has 0 atom stereocenters. The van der Waals surface area contributed by atoms with Gasteiger partial charge in [-0.2, -0.15) is 17.5 Å². The molecule has 1 saturated heterocycles. The number of piperazine rings is 1. The van der Waals surface area contributed by atoms with E-state index in [-0.39, 0.29) is 36.5 Å². The maximum absolute atomic E-state index is 13.0. The highest BCUT2D eigenvalue weighted by molar-refractivity contribution is 7.89. The normalized spacial score (nSPS) is 16.3. The van der Waals surface area contributed by atoms with Crippen molar-refractivity contribution >= 4 is 21.6 Å². The number of carbonyl (C=O) groups is 1. The third kappa shape index (κ3) is 5.48. The maximum atomic E-state index is 13.0. The summed E-state index contributed by atoms with van der Waals surface area (Å²) in [5.74, 6) is -0.0969. The molecule has 1 heterocycles. The fourth-order valence-electron chi connectivity index (χ4n) is 3.70. The number of nitrogens with zero attached hydrogens (tertiary/aromatic N) is 3. The van der Waals surface area contributed by atoms with E-state index in [4.69, 9.17) is 0 Å². The van der Waals surface area contributed by atoms with Crippen LogP contribution in [0.1, 0.15) is 19.4 Å². The van der Waals surface area contributed by atoms with Crippen LogP contribution < -0.4 is 4.90 Å². The third-order valence-corrected chi connectivity index (χ3v) is 7.20. The minimum Gasteiger partial charge on any atom is -0.309 e. The Kier molecular flexibility index (Phi) is 7.26. The minimum absolute atomic E-state index is 0.0486. The molecule has 174 valence electrons. The summed E-state index contributed by atoms with van der Waals surface area (Å²) in [4.78, 5) is 16.1. The molecule has 10 heteroatoms. The number of para-hydroxylation sites is 1. The summed E-state index contributed by atoms with van der Waals surface area (Å²) < 4.78 is 65.7. The monoisotopic (exact) mass is 469 g/mol. The van der Waals surface area contributed by atoms with Gasteiger partial charge in [-0.3, -0.25) is 9.69 Å². The topological polar surface area (TPSA) is 60.9 Å². The van der Waals surface area contributed by atoms with Crippen LogP contribution in [0.5, 0.6) is 0 Å². The number of hydrogen-bond donors (Lipinski definition) is 0. The van der Waals surface area contributed by atoms with Crippen LogP contribution in [-0.4, -0.2) is 62.3 Å². The van der Waals surface area contributed by atoms with Gasteiger partial charge in [0.1, 0.15) is 0 Å². The van der Waals surface area contributed by atoms with Crippen molar-refractivity contribution in [3.63, 3.8) is 0 Å². The van der Waals surface area contributed by atoms with Crippen LogP contribution in [0.3, 0.4) is 0 Å².